The van der Waals surface area contributed by atoms with Gasteiger partial charge < -0.3 is 10.5 Å². The minimum absolute atomic E-state index is 0.0381. The zero-order valence-corrected chi connectivity index (χ0v) is 11.9. The van der Waals surface area contributed by atoms with Crippen LogP contribution in [-0.4, -0.2) is 21.6 Å². The third kappa shape index (κ3) is 3.36. The molecule has 0 fully saturated rings. The van der Waals surface area contributed by atoms with E-state index in [2.05, 4.69) is 4.72 Å². The second-order valence-electron chi connectivity index (χ2n) is 4.47. The van der Waals surface area contributed by atoms with Crippen molar-refractivity contribution in [2.45, 2.75) is 31.8 Å². The summed E-state index contributed by atoms with van der Waals surface area (Å²) < 4.78 is 31.2. The van der Waals surface area contributed by atoms with Crippen LogP contribution in [0.25, 0.3) is 0 Å². The molecule has 0 aromatic heterocycles. The maximum absolute atomic E-state index is 11.6. The first-order chi connectivity index (χ1) is 8.27. The van der Waals surface area contributed by atoms with Crippen LogP contribution in [0.1, 0.15) is 20.8 Å². The van der Waals surface area contributed by atoms with Crippen LogP contribution in [0.4, 0.5) is 5.69 Å². The molecular weight excluding hydrogens is 252 g/mol. The van der Waals surface area contributed by atoms with Crippen molar-refractivity contribution in [1.29, 1.82) is 0 Å². The minimum atomic E-state index is -3.52. The summed E-state index contributed by atoms with van der Waals surface area (Å²) in [5.74, 6) is 0.940. The monoisotopic (exact) mass is 272 g/mol. The Morgan fingerprint density at radius 1 is 1.28 bits per heavy atom. The Morgan fingerprint density at radius 2 is 1.89 bits per heavy atom. The van der Waals surface area contributed by atoms with Crippen molar-refractivity contribution < 1.29 is 13.2 Å². The average Bonchev–Trinajstić information content (AvgIpc) is 2.28. The van der Waals surface area contributed by atoms with Gasteiger partial charge in [0.05, 0.1) is 11.8 Å². The van der Waals surface area contributed by atoms with Crippen LogP contribution in [-0.2, 0) is 10.0 Å². The second-order valence-corrected chi connectivity index (χ2v) is 6.33. The lowest BCUT2D eigenvalue weighted by Gasteiger charge is -2.18. The average molecular weight is 272 g/mol. The standard InChI is InChI=1S/C12H20N2O3S/c1-8(2)9(3)17-10-5-6-12(11(13)7-10)18(15,16)14-4/h5-9,14H,13H2,1-4H3. The third-order valence-electron chi connectivity index (χ3n) is 2.80. The van der Waals surface area contributed by atoms with Gasteiger partial charge in [-0.15, -0.1) is 0 Å². The molecule has 102 valence electrons. The molecule has 0 aliphatic heterocycles. The quantitative estimate of drug-likeness (QED) is 0.798. The Kier molecular flexibility index (Phi) is 4.59. The predicted octanol–water partition coefficient (Wildman–Crippen LogP) is 1.60. The predicted molar refractivity (Wildman–Crippen MR) is 72.0 cm³/mol. The van der Waals surface area contributed by atoms with Gasteiger partial charge in [-0.05, 0) is 32.0 Å². The van der Waals surface area contributed by atoms with Crippen molar-refractivity contribution in [3.63, 3.8) is 0 Å². The van der Waals surface area contributed by atoms with Crippen molar-refractivity contribution in [1.82, 2.24) is 4.72 Å². The highest BCUT2D eigenvalue weighted by Gasteiger charge is 2.16. The summed E-state index contributed by atoms with van der Waals surface area (Å²) in [6.07, 6.45) is 0.0381. The van der Waals surface area contributed by atoms with Crippen LogP contribution in [0.5, 0.6) is 5.75 Å². The van der Waals surface area contributed by atoms with Gasteiger partial charge in [-0.3, -0.25) is 0 Å². The zero-order chi connectivity index (χ0) is 13.9. The summed E-state index contributed by atoms with van der Waals surface area (Å²) in [5, 5.41) is 0. The van der Waals surface area contributed by atoms with Gasteiger partial charge in [0, 0.05) is 6.07 Å². The number of nitrogen functional groups attached to an aromatic ring is 1. The lowest BCUT2D eigenvalue weighted by molar-refractivity contribution is 0.170. The topological polar surface area (TPSA) is 81.4 Å². The number of hydrogen-bond donors (Lipinski definition) is 2. The molecule has 0 amide bonds. The molecule has 0 saturated heterocycles. The lowest BCUT2D eigenvalue weighted by Crippen LogP contribution is -2.21. The summed E-state index contributed by atoms with van der Waals surface area (Å²) >= 11 is 0. The molecule has 0 spiro atoms. The highest BCUT2D eigenvalue weighted by Crippen LogP contribution is 2.25. The van der Waals surface area contributed by atoms with Crippen LogP contribution >= 0.6 is 0 Å². The first-order valence-electron chi connectivity index (χ1n) is 5.77. The van der Waals surface area contributed by atoms with E-state index in [-0.39, 0.29) is 16.7 Å². The molecule has 5 nitrogen and oxygen atoms in total. The second kappa shape index (κ2) is 5.58. The van der Waals surface area contributed by atoms with Gasteiger partial charge in [0.15, 0.2) is 0 Å². The maximum Gasteiger partial charge on any atom is 0.242 e. The Balaban J connectivity index is 3.00. The number of benzene rings is 1. The van der Waals surface area contributed by atoms with Crippen molar-refractivity contribution in [2.75, 3.05) is 12.8 Å². The number of ether oxygens (including phenoxy) is 1. The molecule has 1 unspecified atom stereocenters. The lowest BCUT2D eigenvalue weighted by atomic mass is 10.1. The molecule has 0 bridgehead atoms. The van der Waals surface area contributed by atoms with E-state index < -0.39 is 10.0 Å². The number of nitrogens with one attached hydrogen (secondary N) is 1. The molecule has 0 radical (unpaired) electrons. The van der Waals surface area contributed by atoms with Crippen molar-refractivity contribution in [2.24, 2.45) is 5.92 Å². The van der Waals surface area contributed by atoms with Crippen LogP contribution in [0.2, 0.25) is 0 Å². The van der Waals surface area contributed by atoms with Crippen molar-refractivity contribution >= 4 is 15.7 Å². The molecule has 0 aliphatic carbocycles. The molecule has 1 aromatic rings. The fourth-order valence-corrected chi connectivity index (χ4v) is 2.14. The molecule has 0 saturated carbocycles. The van der Waals surface area contributed by atoms with E-state index in [4.69, 9.17) is 10.5 Å². The van der Waals surface area contributed by atoms with Gasteiger partial charge in [-0.2, -0.15) is 0 Å². The summed E-state index contributed by atoms with van der Waals surface area (Å²) in [7, 11) is -2.17. The number of rotatable bonds is 5. The molecule has 6 heteroatoms. The number of hydrogen-bond acceptors (Lipinski definition) is 4. The Morgan fingerprint density at radius 3 is 2.33 bits per heavy atom. The van der Waals surface area contributed by atoms with Crippen molar-refractivity contribution in [3.8, 4) is 5.75 Å². The van der Waals surface area contributed by atoms with Gasteiger partial charge in [0.1, 0.15) is 10.6 Å². The highest BCUT2D eigenvalue weighted by molar-refractivity contribution is 7.89. The van der Waals surface area contributed by atoms with Gasteiger partial charge >= 0.3 is 0 Å². The summed E-state index contributed by atoms with van der Waals surface area (Å²) in [6.45, 7) is 6.06. The summed E-state index contributed by atoms with van der Waals surface area (Å²) in [4.78, 5) is 0.0644. The fraction of sp³-hybridized carbons (Fsp3) is 0.500. The molecular formula is C12H20N2O3S. The molecule has 0 heterocycles. The normalized spacial score (nSPS) is 13.6. The van der Waals surface area contributed by atoms with E-state index in [1.807, 2.05) is 20.8 Å². The van der Waals surface area contributed by atoms with Crippen molar-refractivity contribution in [3.05, 3.63) is 18.2 Å². The fourth-order valence-electron chi connectivity index (χ4n) is 1.31. The largest absolute Gasteiger partial charge is 0.490 e. The van der Waals surface area contributed by atoms with E-state index >= 15 is 0 Å². The van der Waals surface area contributed by atoms with E-state index in [0.29, 0.717) is 11.7 Å². The molecule has 1 aromatic carbocycles. The van der Waals surface area contributed by atoms with Crippen LogP contribution in [0.15, 0.2) is 23.1 Å². The highest BCUT2D eigenvalue weighted by atomic mass is 32.2. The van der Waals surface area contributed by atoms with E-state index in [1.165, 1.54) is 19.2 Å². The Labute approximate surface area is 108 Å². The van der Waals surface area contributed by atoms with Gasteiger partial charge in [0.2, 0.25) is 10.0 Å². The number of nitrogens with two attached hydrogens (primary N) is 1. The third-order valence-corrected chi connectivity index (χ3v) is 4.29. The van der Waals surface area contributed by atoms with Gasteiger partial charge in [0.25, 0.3) is 0 Å². The smallest absolute Gasteiger partial charge is 0.242 e. The van der Waals surface area contributed by atoms with Crippen LogP contribution in [0.3, 0.4) is 0 Å². The van der Waals surface area contributed by atoms with Crippen LogP contribution < -0.4 is 15.2 Å². The molecule has 18 heavy (non-hydrogen) atoms. The van der Waals surface area contributed by atoms with Gasteiger partial charge in [-0.1, -0.05) is 13.8 Å². The summed E-state index contributed by atoms with van der Waals surface area (Å²) in [6, 6.07) is 4.59. The SMILES string of the molecule is CNS(=O)(=O)c1ccc(OC(C)C(C)C)cc1N. The van der Waals surface area contributed by atoms with Crippen LogP contribution in [0, 0.1) is 5.92 Å². The molecule has 3 N–H and O–H groups in total. The minimum Gasteiger partial charge on any atom is -0.490 e. The Hall–Kier alpha value is -1.27. The first kappa shape index (κ1) is 14.8. The van der Waals surface area contributed by atoms with Gasteiger partial charge in [-0.25, -0.2) is 13.1 Å². The maximum atomic E-state index is 11.6. The number of anilines is 1. The molecule has 1 atom stereocenters. The molecule has 0 aliphatic rings. The number of sulfonamides is 1. The Bertz CT molecular complexity index is 512. The zero-order valence-electron chi connectivity index (χ0n) is 11.1. The summed E-state index contributed by atoms with van der Waals surface area (Å²) in [5.41, 5.74) is 5.91. The molecule has 1 rings (SSSR count). The van der Waals surface area contributed by atoms with E-state index in [1.54, 1.807) is 6.07 Å². The first-order valence-corrected chi connectivity index (χ1v) is 7.26. The van der Waals surface area contributed by atoms with E-state index in [9.17, 15) is 8.42 Å². The van der Waals surface area contributed by atoms with E-state index in [0.717, 1.165) is 0 Å².